The quantitative estimate of drug-likeness (QED) is 0.686. The molecule has 5 rings (SSSR count). The van der Waals surface area contributed by atoms with Crippen molar-refractivity contribution in [1.82, 2.24) is 0 Å². The standard InChI is InChI=1S/C18H11NO5/c1-21-17-12-7-9-4-5-13-15(10(9)8-11(12)16(20)19-17)24-18(23-13)14-3-2-6-22-14/h2-8,18H,1H3. The van der Waals surface area contributed by atoms with Crippen molar-refractivity contribution in [3.8, 4) is 11.5 Å². The summed E-state index contributed by atoms with van der Waals surface area (Å²) in [5, 5.41) is 1.71. The first-order valence-corrected chi connectivity index (χ1v) is 7.39. The molecule has 0 bridgehead atoms. The molecule has 24 heavy (non-hydrogen) atoms. The van der Waals surface area contributed by atoms with Gasteiger partial charge >= 0.3 is 6.29 Å². The van der Waals surface area contributed by atoms with E-state index in [0.29, 0.717) is 34.3 Å². The van der Waals surface area contributed by atoms with E-state index in [9.17, 15) is 4.79 Å². The lowest BCUT2D eigenvalue weighted by molar-refractivity contribution is 0.0293. The van der Waals surface area contributed by atoms with Gasteiger partial charge in [-0.25, -0.2) is 0 Å². The van der Waals surface area contributed by atoms with Crippen LogP contribution in [0.25, 0.3) is 10.8 Å². The molecule has 1 aromatic heterocycles. The van der Waals surface area contributed by atoms with Gasteiger partial charge in [0, 0.05) is 5.39 Å². The molecular weight excluding hydrogens is 310 g/mol. The maximum Gasteiger partial charge on any atom is 0.300 e. The van der Waals surface area contributed by atoms with Crippen molar-refractivity contribution in [3.63, 3.8) is 0 Å². The molecule has 118 valence electrons. The molecule has 0 radical (unpaired) electrons. The lowest BCUT2D eigenvalue weighted by Gasteiger charge is -2.07. The number of fused-ring (bicyclic) bond motifs is 4. The van der Waals surface area contributed by atoms with Gasteiger partial charge in [-0.15, -0.1) is 0 Å². The first-order chi connectivity index (χ1) is 11.7. The Morgan fingerprint density at radius 2 is 2.04 bits per heavy atom. The van der Waals surface area contributed by atoms with Crippen molar-refractivity contribution in [2.24, 2.45) is 4.99 Å². The van der Waals surface area contributed by atoms with Crippen LogP contribution in [-0.2, 0) is 4.74 Å². The summed E-state index contributed by atoms with van der Waals surface area (Å²) < 4.78 is 22.2. The third-order valence-electron chi connectivity index (χ3n) is 4.16. The van der Waals surface area contributed by atoms with Crippen molar-refractivity contribution in [3.05, 3.63) is 59.5 Å². The Morgan fingerprint density at radius 1 is 1.12 bits per heavy atom. The number of furan rings is 1. The van der Waals surface area contributed by atoms with Crippen molar-refractivity contribution in [1.29, 1.82) is 0 Å². The maximum absolute atomic E-state index is 12.1. The van der Waals surface area contributed by atoms with Gasteiger partial charge in [0.1, 0.15) is 0 Å². The summed E-state index contributed by atoms with van der Waals surface area (Å²) in [6, 6.07) is 11.0. The Balaban J connectivity index is 1.66. The monoisotopic (exact) mass is 321 g/mol. The predicted molar refractivity (Wildman–Crippen MR) is 84.5 cm³/mol. The van der Waals surface area contributed by atoms with Gasteiger partial charge in [0.15, 0.2) is 17.3 Å². The van der Waals surface area contributed by atoms with E-state index in [1.54, 1.807) is 24.5 Å². The molecule has 3 aromatic rings. The van der Waals surface area contributed by atoms with E-state index in [1.165, 1.54) is 7.11 Å². The zero-order valence-corrected chi connectivity index (χ0v) is 12.6. The molecule has 0 saturated carbocycles. The number of ether oxygens (including phenoxy) is 3. The molecule has 3 heterocycles. The number of rotatable bonds is 1. The van der Waals surface area contributed by atoms with E-state index >= 15 is 0 Å². The van der Waals surface area contributed by atoms with Crippen LogP contribution < -0.4 is 9.47 Å². The number of benzene rings is 2. The summed E-state index contributed by atoms with van der Waals surface area (Å²) in [6.45, 7) is 0. The number of hydrogen-bond acceptors (Lipinski definition) is 5. The fourth-order valence-electron chi connectivity index (χ4n) is 3.05. The summed E-state index contributed by atoms with van der Waals surface area (Å²) in [4.78, 5) is 16.0. The second kappa shape index (κ2) is 4.61. The highest BCUT2D eigenvalue weighted by Gasteiger charge is 2.31. The number of nitrogens with zero attached hydrogens (tertiary/aromatic N) is 1. The second-order valence-electron chi connectivity index (χ2n) is 5.52. The molecule has 0 spiro atoms. The molecule has 1 amide bonds. The number of methoxy groups -OCH3 is 1. The van der Waals surface area contributed by atoms with E-state index < -0.39 is 6.29 Å². The molecule has 0 fully saturated rings. The number of hydrogen-bond donors (Lipinski definition) is 0. The zero-order chi connectivity index (χ0) is 16.3. The van der Waals surface area contributed by atoms with Crippen LogP contribution in [0.2, 0.25) is 0 Å². The Hall–Kier alpha value is -3.28. The molecule has 1 unspecified atom stereocenters. The number of carbonyl (C=O) groups excluding carboxylic acids is 1. The van der Waals surface area contributed by atoms with Gasteiger partial charge in [0.05, 0.1) is 24.5 Å². The Bertz CT molecular complexity index is 1020. The third kappa shape index (κ3) is 1.70. The third-order valence-corrected chi connectivity index (χ3v) is 4.16. The van der Waals surface area contributed by atoms with Crippen LogP contribution in [0.3, 0.4) is 0 Å². The fourth-order valence-corrected chi connectivity index (χ4v) is 3.05. The van der Waals surface area contributed by atoms with E-state index in [4.69, 9.17) is 18.6 Å². The van der Waals surface area contributed by atoms with Gasteiger partial charge in [-0.3, -0.25) is 4.79 Å². The van der Waals surface area contributed by atoms with Gasteiger partial charge in [-0.2, -0.15) is 4.99 Å². The highest BCUT2D eigenvalue weighted by Crippen LogP contribution is 2.46. The fraction of sp³-hybridized carbons (Fsp3) is 0.111. The molecule has 0 aliphatic carbocycles. The minimum absolute atomic E-state index is 0.317. The first-order valence-electron chi connectivity index (χ1n) is 7.39. The molecule has 1 atom stereocenters. The Morgan fingerprint density at radius 3 is 2.83 bits per heavy atom. The van der Waals surface area contributed by atoms with Crippen LogP contribution in [-0.4, -0.2) is 18.9 Å². The van der Waals surface area contributed by atoms with Crippen LogP contribution in [0.1, 0.15) is 28.0 Å². The van der Waals surface area contributed by atoms with Gasteiger partial charge in [0.25, 0.3) is 5.91 Å². The summed E-state index contributed by atoms with van der Waals surface area (Å²) in [5.74, 6) is 1.81. The summed E-state index contributed by atoms with van der Waals surface area (Å²) >= 11 is 0. The van der Waals surface area contributed by atoms with E-state index in [0.717, 1.165) is 10.8 Å². The minimum Gasteiger partial charge on any atom is -0.480 e. The number of aliphatic imine (C=N–C) groups is 1. The van der Waals surface area contributed by atoms with Crippen LogP contribution in [0.4, 0.5) is 0 Å². The first kappa shape index (κ1) is 13.2. The maximum atomic E-state index is 12.1. The van der Waals surface area contributed by atoms with Crippen molar-refractivity contribution in [2.75, 3.05) is 7.11 Å². The molecule has 6 heteroatoms. The predicted octanol–water partition coefficient (Wildman–Crippen LogP) is 3.45. The van der Waals surface area contributed by atoms with Crippen LogP contribution in [0.15, 0.2) is 52.1 Å². The Kier molecular flexibility index (Phi) is 2.53. The van der Waals surface area contributed by atoms with Crippen LogP contribution >= 0.6 is 0 Å². The molecule has 2 aromatic carbocycles. The molecule has 0 N–H and O–H groups in total. The minimum atomic E-state index is -0.629. The van der Waals surface area contributed by atoms with Crippen molar-refractivity contribution >= 4 is 22.6 Å². The summed E-state index contributed by atoms with van der Waals surface area (Å²) in [5.41, 5.74) is 1.19. The van der Waals surface area contributed by atoms with E-state index in [2.05, 4.69) is 4.99 Å². The Labute approximate surface area is 136 Å². The summed E-state index contributed by atoms with van der Waals surface area (Å²) in [7, 11) is 1.50. The summed E-state index contributed by atoms with van der Waals surface area (Å²) in [6.07, 6.45) is 0.938. The molecule has 2 aliphatic rings. The average Bonchev–Trinajstić information content (AvgIpc) is 3.31. The molecule has 6 nitrogen and oxygen atoms in total. The highest BCUT2D eigenvalue weighted by molar-refractivity contribution is 6.20. The lowest BCUT2D eigenvalue weighted by atomic mass is 10.0. The van der Waals surface area contributed by atoms with Gasteiger partial charge < -0.3 is 18.6 Å². The normalized spacial score (nSPS) is 18.0. The van der Waals surface area contributed by atoms with Gasteiger partial charge in [0.2, 0.25) is 5.90 Å². The number of amides is 1. The topological polar surface area (TPSA) is 70.3 Å². The van der Waals surface area contributed by atoms with Gasteiger partial charge in [-0.1, -0.05) is 6.07 Å². The second-order valence-corrected chi connectivity index (χ2v) is 5.52. The van der Waals surface area contributed by atoms with Crippen molar-refractivity contribution < 1.29 is 23.4 Å². The largest absolute Gasteiger partial charge is 0.480 e. The van der Waals surface area contributed by atoms with Crippen LogP contribution in [0.5, 0.6) is 11.5 Å². The molecular formula is C18H11NO5. The van der Waals surface area contributed by atoms with Gasteiger partial charge in [-0.05, 0) is 35.7 Å². The smallest absolute Gasteiger partial charge is 0.300 e. The zero-order valence-electron chi connectivity index (χ0n) is 12.6. The van der Waals surface area contributed by atoms with Crippen LogP contribution in [0, 0.1) is 0 Å². The molecule has 0 saturated heterocycles. The van der Waals surface area contributed by atoms with Crippen molar-refractivity contribution in [2.45, 2.75) is 6.29 Å². The van der Waals surface area contributed by atoms with E-state index in [1.807, 2.05) is 18.2 Å². The lowest BCUT2D eigenvalue weighted by Crippen LogP contribution is -2.06. The molecule has 2 aliphatic heterocycles. The van der Waals surface area contributed by atoms with E-state index in [-0.39, 0.29) is 5.91 Å². The SMILES string of the molecule is COC1=NC(=O)c2cc3c4c(ccc3cc21)OC(c1ccco1)O4. The highest BCUT2D eigenvalue weighted by atomic mass is 16.7. The number of carbonyl (C=O) groups is 1. The average molecular weight is 321 g/mol.